The molecule has 0 radical (unpaired) electrons. The van der Waals surface area contributed by atoms with Crippen molar-refractivity contribution in [2.75, 3.05) is 0 Å². The van der Waals surface area contributed by atoms with E-state index in [1.165, 1.54) is 24.5 Å². The predicted molar refractivity (Wildman–Crippen MR) is 95.9 cm³/mol. The summed E-state index contributed by atoms with van der Waals surface area (Å²) >= 11 is 0. The quantitative estimate of drug-likeness (QED) is 0.360. The van der Waals surface area contributed by atoms with Crippen LogP contribution >= 0.6 is 0 Å². The molecule has 0 N–H and O–H groups in total. The first-order chi connectivity index (χ1) is 12.9. The van der Waals surface area contributed by atoms with Crippen LogP contribution in [0.5, 0.6) is 0 Å². The van der Waals surface area contributed by atoms with Gasteiger partial charge in [-0.2, -0.15) is 13.2 Å². The molecule has 3 aromatic carbocycles. The Morgan fingerprint density at radius 2 is 1.59 bits per heavy atom. The Labute approximate surface area is 152 Å². The normalized spacial score (nSPS) is 11.9. The van der Waals surface area contributed by atoms with Crippen molar-refractivity contribution in [3.8, 4) is 11.1 Å². The van der Waals surface area contributed by atoms with Crippen molar-refractivity contribution in [2.24, 2.45) is 0 Å². The maximum Gasteiger partial charge on any atom is 0.416 e. The zero-order chi connectivity index (χ0) is 19.0. The minimum Gasteiger partial charge on any atom is -0.464 e. The molecular weight excluding hydrogens is 356 g/mol. The monoisotopic (exact) mass is 370 g/mol. The third-order valence-electron chi connectivity index (χ3n) is 4.43. The van der Waals surface area contributed by atoms with Crippen molar-refractivity contribution >= 4 is 11.0 Å². The topological polar surface area (TPSA) is 13.1 Å². The zero-order valence-corrected chi connectivity index (χ0v) is 14.1. The van der Waals surface area contributed by atoms with E-state index in [2.05, 4.69) is 0 Å². The minimum absolute atomic E-state index is 0.311. The summed E-state index contributed by atoms with van der Waals surface area (Å²) < 4.78 is 57.9. The number of halogens is 4. The summed E-state index contributed by atoms with van der Waals surface area (Å²) in [5, 5.41) is 0.807. The van der Waals surface area contributed by atoms with Gasteiger partial charge in [0.05, 0.1) is 11.8 Å². The third kappa shape index (κ3) is 3.58. The Kier molecular flexibility index (Phi) is 4.22. The van der Waals surface area contributed by atoms with Crippen LogP contribution < -0.4 is 0 Å². The highest BCUT2D eigenvalue weighted by atomic mass is 19.4. The van der Waals surface area contributed by atoms with Crippen LogP contribution in [0.25, 0.3) is 22.1 Å². The highest BCUT2D eigenvalue weighted by molar-refractivity contribution is 5.93. The van der Waals surface area contributed by atoms with Gasteiger partial charge in [-0.3, -0.25) is 0 Å². The Balaban J connectivity index is 1.81. The molecule has 27 heavy (non-hydrogen) atoms. The molecule has 0 aliphatic carbocycles. The van der Waals surface area contributed by atoms with E-state index in [0.717, 1.165) is 28.6 Å². The van der Waals surface area contributed by atoms with E-state index in [-0.39, 0.29) is 5.82 Å². The van der Waals surface area contributed by atoms with E-state index >= 15 is 0 Å². The Morgan fingerprint density at radius 3 is 2.33 bits per heavy atom. The number of alkyl halides is 3. The van der Waals surface area contributed by atoms with Crippen molar-refractivity contribution in [2.45, 2.75) is 12.6 Å². The van der Waals surface area contributed by atoms with Gasteiger partial charge < -0.3 is 4.42 Å². The lowest BCUT2D eigenvalue weighted by Gasteiger charge is -2.11. The fourth-order valence-corrected chi connectivity index (χ4v) is 3.16. The number of hydrogen-bond acceptors (Lipinski definition) is 1. The van der Waals surface area contributed by atoms with Crippen molar-refractivity contribution < 1.29 is 22.0 Å². The second-order valence-corrected chi connectivity index (χ2v) is 6.36. The van der Waals surface area contributed by atoms with Gasteiger partial charge in [0, 0.05) is 10.9 Å². The Morgan fingerprint density at radius 1 is 0.815 bits per heavy atom. The lowest BCUT2D eigenvalue weighted by atomic mass is 9.96. The van der Waals surface area contributed by atoms with Crippen LogP contribution in [0.3, 0.4) is 0 Å². The number of fused-ring (bicyclic) bond motifs is 1. The predicted octanol–water partition coefficient (Wildman–Crippen LogP) is 6.85. The van der Waals surface area contributed by atoms with E-state index in [4.69, 9.17) is 4.42 Å². The van der Waals surface area contributed by atoms with Gasteiger partial charge in [0.1, 0.15) is 11.4 Å². The molecule has 0 atom stereocenters. The maximum atomic E-state index is 13.1. The van der Waals surface area contributed by atoms with Gasteiger partial charge in [-0.15, -0.1) is 0 Å². The average Bonchev–Trinajstić information content (AvgIpc) is 3.11. The van der Waals surface area contributed by atoms with Crippen LogP contribution in [0.4, 0.5) is 17.6 Å². The van der Waals surface area contributed by atoms with Gasteiger partial charge in [0.25, 0.3) is 0 Å². The third-order valence-corrected chi connectivity index (χ3v) is 4.43. The van der Waals surface area contributed by atoms with Gasteiger partial charge in [-0.1, -0.05) is 24.3 Å². The van der Waals surface area contributed by atoms with E-state index in [9.17, 15) is 17.6 Å². The summed E-state index contributed by atoms with van der Waals surface area (Å²) in [5.41, 5.74) is 2.68. The van der Waals surface area contributed by atoms with Crippen molar-refractivity contribution in [3.63, 3.8) is 0 Å². The molecule has 4 rings (SSSR count). The Bertz CT molecular complexity index is 1090. The molecule has 1 aromatic heterocycles. The van der Waals surface area contributed by atoms with E-state index in [1.54, 1.807) is 24.3 Å². The molecule has 136 valence electrons. The first-order valence-electron chi connectivity index (χ1n) is 8.32. The fraction of sp³-hybridized carbons (Fsp3) is 0.0909. The van der Waals surface area contributed by atoms with Crippen molar-refractivity contribution in [1.29, 1.82) is 0 Å². The molecule has 0 aliphatic rings. The standard InChI is InChI=1S/C22H14F4O/c23-19-6-4-14(5-7-19)10-15-11-17-8-9-27-21(17)20(12-15)16-2-1-3-18(13-16)22(24,25)26/h1-9,11-13H,10H2. The van der Waals surface area contributed by atoms with Crippen LogP contribution in [-0.2, 0) is 12.6 Å². The maximum absolute atomic E-state index is 13.1. The van der Waals surface area contributed by atoms with Gasteiger partial charge in [-0.25, -0.2) is 4.39 Å². The molecule has 0 fully saturated rings. The smallest absolute Gasteiger partial charge is 0.416 e. The van der Waals surface area contributed by atoms with Crippen LogP contribution in [-0.4, -0.2) is 0 Å². The summed E-state index contributed by atoms with van der Waals surface area (Å²) in [6.45, 7) is 0. The van der Waals surface area contributed by atoms with Crippen molar-refractivity contribution in [1.82, 2.24) is 0 Å². The molecule has 1 nitrogen and oxygen atoms in total. The minimum atomic E-state index is -4.41. The number of furan rings is 1. The SMILES string of the molecule is Fc1ccc(Cc2cc(-c3cccc(C(F)(F)F)c3)c3occc3c2)cc1. The number of benzene rings is 3. The lowest BCUT2D eigenvalue weighted by Crippen LogP contribution is -2.04. The van der Waals surface area contributed by atoms with Gasteiger partial charge in [0.15, 0.2) is 0 Å². The summed E-state index contributed by atoms with van der Waals surface area (Å²) in [5.74, 6) is -0.311. The molecule has 0 saturated heterocycles. The van der Waals surface area contributed by atoms with Gasteiger partial charge in [-0.05, 0) is 65.6 Å². The molecule has 0 unspecified atom stereocenters. The van der Waals surface area contributed by atoms with Crippen LogP contribution in [0.1, 0.15) is 16.7 Å². The van der Waals surface area contributed by atoms with E-state index < -0.39 is 11.7 Å². The molecule has 0 bridgehead atoms. The lowest BCUT2D eigenvalue weighted by molar-refractivity contribution is -0.137. The van der Waals surface area contributed by atoms with Gasteiger partial charge >= 0.3 is 6.18 Å². The van der Waals surface area contributed by atoms with Crippen LogP contribution in [0, 0.1) is 5.82 Å². The highest BCUT2D eigenvalue weighted by Gasteiger charge is 2.30. The molecular formula is C22H14F4O. The number of rotatable bonds is 3. The first kappa shape index (κ1) is 17.3. The highest BCUT2D eigenvalue weighted by Crippen LogP contribution is 2.36. The molecule has 0 saturated carbocycles. The summed E-state index contributed by atoms with van der Waals surface area (Å²) in [4.78, 5) is 0. The summed E-state index contributed by atoms with van der Waals surface area (Å²) in [6.07, 6.45) is -2.36. The molecule has 0 amide bonds. The number of hydrogen-bond donors (Lipinski definition) is 0. The van der Waals surface area contributed by atoms with E-state index in [0.29, 0.717) is 23.1 Å². The van der Waals surface area contributed by atoms with Crippen molar-refractivity contribution in [3.05, 3.63) is 95.5 Å². The summed E-state index contributed by atoms with van der Waals surface area (Å²) in [7, 11) is 0. The molecule has 0 aliphatic heterocycles. The van der Waals surface area contributed by atoms with Crippen LogP contribution in [0.15, 0.2) is 77.4 Å². The zero-order valence-electron chi connectivity index (χ0n) is 14.1. The fourth-order valence-electron chi connectivity index (χ4n) is 3.16. The molecule has 5 heteroatoms. The molecule has 0 spiro atoms. The second kappa shape index (κ2) is 6.58. The summed E-state index contributed by atoms with van der Waals surface area (Å²) in [6, 6.07) is 16.9. The van der Waals surface area contributed by atoms with Crippen LogP contribution in [0.2, 0.25) is 0 Å². The van der Waals surface area contributed by atoms with Gasteiger partial charge in [0.2, 0.25) is 0 Å². The Hall–Kier alpha value is -3.08. The molecule has 1 heterocycles. The second-order valence-electron chi connectivity index (χ2n) is 6.36. The van der Waals surface area contributed by atoms with E-state index in [1.807, 2.05) is 12.1 Å². The first-order valence-corrected chi connectivity index (χ1v) is 8.32. The molecule has 4 aromatic rings. The average molecular weight is 370 g/mol. The largest absolute Gasteiger partial charge is 0.464 e.